The molecule has 0 amide bonds. The van der Waals surface area contributed by atoms with Crippen molar-refractivity contribution in [2.75, 3.05) is 6.61 Å². The van der Waals surface area contributed by atoms with E-state index in [1.165, 1.54) is 0 Å². The number of nitrogens with zero attached hydrogens (tertiary/aromatic N) is 2. The highest BCUT2D eigenvalue weighted by molar-refractivity contribution is 6.05. The van der Waals surface area contributed by atoms with Crippen LogP contribution in [-0.4, -0.2) is 65.6 Å². The summed E-state index contributed by atoms with van der Waals surface area (Å²) in [6.45, 7) is 1.48. The first-order valence-corrected chi connectivity index (χ1v) is 8.45. The lowest BCUT2D eigenvalue weighted by atomic mass is 9.63. The van der Waals surface area contributed by atoms with Gasteiger partial charge in [0.1, 0.15) is 0 Å². The van der Waals surface area contributed by atoms with E-state index in [1.54, 1.807) is 0 Å². The Kier molecular flexibility index (Phi) is 4.70. The van der Waals surface area contributed by atoms with Crippen molar-refractivity contribution < 1.29 is 43.2 Å². The normalized spacial score (nSPS) is 32.3. The monoisotopic (exact) mass is 412 g/mol. The molecule has 3 rings (SSSR count). The predicted molar refractivity (Wildman–Crippen MR) is 91.5 cm³/mol. The van der Waals surface area contributed by atoms with Crippen molar-refractivity contribution in [3.63, 3.8) is 0 Å². The molecule has 1 fully saturated rings. The molecule has 1 aromatic carbocycles. The highest BCUT2D eigenvalue weighted by atomic mass is 19.2. The Morgan fingerprint density at radius 3 is 2.17 bits per heavy atom. The molecule has 2 heterocycles. The van der Waals surface area contributed by atoms with Gasteiger partial charge in [-0.2, -0.15) is 0 Å². The quantitative estimate of drug-likeness (QED) is 0.628. The SMILES string of the molecule is CC(=O)[C@@]1(O)[C@@](O)(C(C)=O)CO[C@@H](n2cnc3cc(F)c(F)cc32)[C@@]1(O)C(C)=O. The van der Waals surface area contributed by atoms with Crippen LogP contribution in [0.2, 0.25) is 0 Å². The molecule has 0 saturated carbocycles. The van der Waals surface area contributed by atoms with Crippen LogP contribution < -0.4 is 0 Å². The molecule has 11 heteroatoms. The van der Waals surface area contributed by atoms with Gasteiger partial charge in [0.05, 0.1) is 24.0 Å². The second kappa shape index (κ2) is 6.46. The number of hydrogen-bond acceptors (Lipinski definition) is 8. The van der Waals surface area contributed by atoms with Crippen molar-refractivity contribution in [3.05, 3.63) is 30.1 Å². The van der Waals surface area contributed by atoms with E-state index < -0.39 is 58.6 Å². The molecule has 1 aliphatic heterocycles. The fraction of sp³-hybridized carbons (Fsp3) is 0.444. The van der Waals surface area contributed by atoms with Gasteiger partial charge in [-0.3, -0.25) is 14.4 Å². The van der Waals surface area contributed by atoms with Crippen molar-refractivity contribution in [1.82, 2.24) is 9.55 Å². The minimum atomic E-state index is -3.30. The third-order valence-electron chi connectivity index (χ3n) is 5.46. The number of ketones is 3. The Morgan fingerprint density at radius 2 is 1.66 bits per heavy atom. The number of carbonyl (C=O) groups is 3. The minimum Gasteiger partial charge on any atom is -0.376 e. The van der Waals surface area contributed by atoms with Gasteiger partial charge in [0.25, 0.3) is 0 Å². The Labute approximate surface area is 162 Å². The summed E-state index contributed by atoms with van der Waals surface area (Å²) in [5.41, 5.74) is -9.61. The Morgan fingerprint density at radius 1 is 1.07 bits per heavy atom. The molecule has 156 valence electrons. The van der Waals surface area contributed by atoms with Crippen LogP contribution in [0.15, 0.2) is 18.5 Å². The molecule has 0 radical (unpaired) electrons. The van der Waals surface area contributed by atoms with E-state index in [4.69, 9.17) is 4.74 Å². The molecule has 9 nitrogen and oxygen atoms in total. The number of imidazole rings is 1. The maximum Gasteiger partial charge on any atom is 0.207 e. The topological polar surface area (TPSA) is 139 Å². The smallest absolute Gasteiger partial charge is 0.207 e. The zero-order valence-electron chi connectivity index (χ0n) is 15.6. The van der Waals surface area contributed by atoms with Gasteiger partial charge in [-0.25, -0.2) is 13.8 Å². The minimum absolute atomic E-state index is 0.0721. The molecule has 1 saturated heterocycles. The van der Waals surface area contributed by atoms with Crippen LogP contribution in [0.1, 0.15) is 27.0 Å². The van der Waals surface area contributed by atoms with Crippen molar-refractivity contribution in [1.29, 1.82) is 0 Å². The molecule has 4 atom stereocenters. The summed E-state index contributed by atoms with van der Waals surface area (Å²) in [6.07, 6.45) is -0.927. The Bertz CT molecular complexity index is 1050. The van der Waals surface area contributed by atoms with E-state index in [1.807, 2.05) is 0 Å². The van der Waals surface area contributed by atoms with Crippen molar-refractivity contribution in [3.8, 4) is 0 Å². The van der Waals surface area contributed by atoms with Gasteiger partial charge < -0.3 is 24.6 Å². The number of ether oxygens (including phenoxy) is 1. The van der Waals surface area contributed by atoms with Crippen LogP contribution in [0.4, 0.5) is 8.78 Å². The highest BCUT2D eigenvalue weighted by Crippen LogP contribution is 2.48. The largest absolute Gasteiger partial charge is 0.376 e. The third kappa shape index (κ3) is 2.51. The van der Waals surface area contributed by atoms with Gasteiger partial charge in [-0.1, -0.05) is 0 Å². The highest BCUT2D eigenvalue weighted by Gasteiger charge is 2.75. The van der Waals surface area contributed by atoms with Crippen molar-refractivity contribution in [2.45, 2.75) is 43.8 Å². The molecule has 2 aromatic rings. The predicted octanol–water partition coefficient (Wildman–Crippen LogP) is -0.196. The van der Waals surface area contributed by atoms with Gasteiger partial charge in [-0.15, -0.1) is 0 Å². The standard InChI is InChI=1S/C18H18F2N2O7/c1-8(23)16(26)6-29-15(17(27,9(2)24)18(16,28)10(3)25)22-7-21-13-4-11(19)12(20)5-14(13)22/h4-5,7,15,26-28H,6H2,1-3H3/t15-,16+,17+,18-/m1/s1. The lowest BCUT2D eigenvalue weighted by molar-refractivity contribution is -0.310. The summed E-state index contributed by atoms with van der Waals surface area (Å²) in [5, 5.41) is 33.1. The number of hydrogen-bond donors (Lipinski definition) is 3. The molecule has 1 aliphatic rings. The number of Topliss-reactive ketones (excluding diaryl/α,β-unsaturated/α-hetero) is 3. The number of rotatable bonds is 4. The van der Waals surface area contributed by atoms with E-state index >= 15 is 0 Å². The molecule has 0 bridgehead atoms. The fourth-order valence-corrected chi connectivity index (χ4v) is 3.75. The number of halogens is 2. The molecule has 0 aliphatic carbocycles. The van der Waals surface area contributed by atoms with E-state index in [9.17, 15) is 38.5 Å². The first-order chi connectivity index (χ1) is 13.3. The molecular weight excluding hydrogens is 394 g/mol. The Hall–Kier alpha value is -2.60. The van der Waals surface area contributed by atoms with Gasteiger partial charge in [0.15, 0.2) is 40.8 Å². The van der Waals surface area contributed by atoms with Crippen LogP contribution in [0, 0.1) is 11.6 Å². The van der Waals surface area contributed by atoms with Gasteiger partial charge in [-0.05, 0) is 20.8 Å². The number of aromatic nitrogens is 2. The van der Waals surface area contributed by atoms with E-state index in [2.05, 4.69) is 4.98 Å². The molecule has 0 unspecified atom stereocenters. The van der Waals surface area contributed by atoms with Crippen molar-refractivity contribution >= 4 is 28.4 Å². The number of fused-ring (bicyclic) bond motifs is 1. The zero-order chi connectivity index (χ0) is 21.9. The fourth-order valence-electron chi connectivity index (χ4n) is 3.75. The summed E-state index contributed by atoms with van der Waals surface area (Å²) >= 11 is 0. The summed E-state index contributed by atoms with van der Waals surface area (Å²) in [4.78, 5) is 40.8. The van der Waals surface area contributed by atoms with Crippen LogP contribution in [0.25, 0.3) is 11.0 Å². The first-order valence-electron chi connectivity index (χ1n) is 8.45. The van der Waals surface area contributed by atoms with Crippen LogP contribution in [-0.2, 0) is 19.1 Å². The van der Waals surface area contributed by atoms with Gasteiger partial charge >= 0.3 is 0 Å². The molecule has 1 aromatic heterocycles. The average molecular weight is 412 g/mol. The van der Waals surface area contributed by atoms with E-state index in [0.717, 1.165) is 43.8 Å². The summed E-state index contributed by atoms with van der Waals surface area (Å²) in [7, 11) is 0. The number of carbonyl (C=O) groups excluding carboxylic acids is 3. The maximum absolute atomic E-state index is 13.8. The van der Waals surface area contributed by atoms with Gasteiger partial charge in [0.2, 0.25) is 11.2 Å². The van der Waals surface area contributed by atoms with Crippen LogP contribution in [0.5, 0.6) is 0 Å². The summed E-state index contributed by atoms with van der Waals surface area (Å²) < 4.78 is 33.5. The summed E-state index contributed by atoms with van der Waals surface area (Å²) in [6, 6.07) is 1.49. The second-order valence-electron chi connectivity index (χ2n) is 7.08. The van der Waals surface area contributed by atoms with Gasteiger partial charge in [0, 0.05) is 12.1 Å². The zero-order valence-corrected chi connectivity index (χ0v) is 15.6. The molecule has 29 heavy (non-hydrogen) atoms. The number of benzene rings is 1. The van der Waals surface area contributed by atoms with Crippen LogP contribution >= 0.6 is 0 Å². The van der Waals surface area contributed by atoms with Crippen molar-refractivity contribution in [2.24, 2.45) is 0 Å². The molecule has 3 N–H and O–H groups in total. The lowest BCUT2D eigenvalue weighted by Crippen LogP contribution is -2.82. The maximum atomic E-state index is 13.8. The summed E-state index contributed by atoms with van der Waals surface area (Å²) in [5.74, 6) is -6.08. The van der Waals surface area contributed by atoms with E-state index in [-0.39, 0.29) is 11.0 Å². The Balaban J connectivity index is 2.32. The second-order valence-corrected chi connectivity index (χ2v) is 7.08. The number of aliphatic hydroxyl groups is 3. The third-order valence-corrected chi connectivity index (χ3v) is 5.46. The molecular formula is C18H18F2N2O7. The average Bonchev–Trinajstić information content (AvgIpc) is 3.02. The first kappa shape index (κ1) is 21.1. The lowest BCUT2D eigenvalue weighted by Gasteiger charge is -2.54. The van der Waals surface area contributed by atoms with E-state index in [0.29, 0.717) is 0 Å². The molecule has 0 spiro atoms. The van der Waals surface area contributed by atoms with Crippen LogP contribution in [0.3, 0.4) is 0 Å².